The van der Waals surface area contributed by atoms with Gasteiger partial charge in [0.05, 0.1) is 38.0 Å². The maximum Gasteiger partial charge on any atom is 0.170 e. The molecule has 0 bridgehead atoms. The van der Waals surface area contributed by atoms with E-state index in [2.05, 4.69) is 0 Å². The normalized spacial score (nSPS) is 12.1. The van der Waals surface area contributed by atoms with Crippen molar-refractivity contribution < 1.29 is 19.3 Å². The van der Waals surface area contributed by atoms with Gasteiger partial charge in [0, 0.05) is 12.6 Å². The molecule has 0 aliphatic carbocycles. The van der Waals surface area contributed by atoms with E-state index in [1.807, 2.05) is 0 Å². The first-order valence-electron chi connectivity index (χ1n) is 4.97. The smallest absolute Gasteiger partial charge is 0.170 e. The van der Waals surface area contributed by atoms with Crippen LogP contribution in [0.4, 0.5) is 0 Å². The van der Waals surface area contributed by atoms with E-state index >= 15 is 0 Å². The highest BCUT2D eigenvalue weighted by molar-refractivity contribution is 6.32. The van der Waals surface area contributed by atoms with E-state index in [9.17, 15) is 5.11 Å². The molecule has 6 heteroatoms. The van der Waals surface area contributed by atoms with E-state index < -0.39 is 6.10 Å². The molecule has 0 aliphatic heterocycles. The molecule has 1 rings (SSSR count). The zero-order valence-corrected chi connectivity index (χ0v) is 10.7. The zero-order valence-electron chi connectivity index (χ0n) is 9.99. The second-order valence-corrected chi connectivity index (χ2v) is 3.70. The summed E-state index contributed by atoms with van der Waals surface area (Å²) in [5, 5.41) is 10.2. The van der Waals surface area contributed by atoms with Crippen LogP contribution in [0.25, 0.3) is 0 Å². The first-order valence-corrected chi connectivity index (χ1v) is 5.34. The number of halogens is 1. The number of aliphatic hydroxyl groups excluding tert-OH is 1. The molecular formula is C11H16ClNO4. The van der Waals surface area contributed by atoms with E-state index in [-0.39, 0.29) is 6.54 Å². The maximum absolute atomic E-state index is 9.90. The standard InChI is InChI=1S/C11H16ClNO4/c1-15-8-4-6(12)10(16-2)9(7(14)5-13)11(8)17-3/h4,7,14H,5,13H2,1-3H3. The minimum absolute atomic E-state index is 0.0240. The first-order chi connectivity index (χ1) is 8.10. The number of ether oxygens (including phenoxy) is 3. The highest BCUT2D eigenvalue weighted by Gasteiger charge is 2.24. The molecule has 5 nitrogen and oxygen atoms in total. The fourth-order valence-electron chi connectivity index (χ4n) is 1.60. The van der Waals surface area contributed by atoms with Crippen LogP contribution in [0.1, 0.15) is 11.7 Å². The average molecular weight is 262 g/mol. The van der Waals surface area contributed by atoms with Crippen molar-refractivity contribution in [2.75, 3.05) is 27.9 Å². The van der Waals surface area contributed by atoms with Crippen molar-refractivity contribution in [1.82, 2.24) is 0 Å². The molecule has 1 aromatic carbocycles. The largest absolute Gasteiger partial charge is 0.495 e. The Hall–Kier alpha value is -1.17. The van der Waals surface area contributed by atoms with Crippen LogP contribution in [0.15, 0.2) is 6.07 Å². The Labute approximate surface area is 105 Å². The lowest BCUT2D eigenvalue weighted by Gasteiger charge is -2.20. The van der Waals surface area contributed by atoms with Crippen LogP contribution in [-0.4, -0.2) is 33.0 Å². The average Bonchev–Trinajstić information content (AvgIpc) is 2.36. The van der Waals surface area contributed by atoms with Crippen LogP contribution in [0.5, 0.6) is 17.2 Å². The van der Waals surface area contributed by atoms with Crippen LogP contribution in [0.2, 0.25) is 5.02 Å². The minimum atomic E-state index is -0.938. The van der Waals surface area contributed by atoms with Gasteiger partial charge in [-0.25, -0.2) is 0 Å². The monoisotopic (exact) mass is 261 g/mol. The number of nitrogens with two attached hydrogens (primary N) is 1. The molecule has 1 aromatic rings. The third-order valence-electron chi connectivity index (χ3n) is 2.37. The van der Waals surface area contributed by atoms with E-state index in [4.69, 9.17) is 31.5 Å². The van der Waals surface area contributed by atoms with Gasteiger partial charge in [-0.2, -0.15) is 0 Å². The summed E-state index contributed by atoms with van der Waals surface area (Å²) in [7, 11) is 4.41. The number of hydrogen-bond acceptors (Lipinski definition) is 5. The summed E-state index contributed by atoms with van der Waals surface area (Å²) in [5.41, 5.74) is 5.84. The Morgan fingerprint density at radius 2 is 1.82 bits per heavy atom. The van der Waals surface area contributed by atoms with Crippen LogP contribution in [-0.2, 0) is 0 Å². The molecule has 1 atom stereocenters. The van der Waals surface area contributed by atoms with Crippen molar-refractivity contribution in [2.24, 2.45) is 5.73 Å². The van der Waals surface area contributed by atoms with Crippen molar-refractivity contribution in [2.45, 2.75) is 6.10 Å². The second-order valence-electron chi connectivity index (χ2n) is 3.29. The lowest BCUT2D eigenvalue weighted by Crippen LogP contribution is -2.14. The summed E-state index contributed by atoms with van der Waals surface area (Å²) in [4.78, 5) is 0. The second kappa shape index (κ2) is 5.95. The molecule has 0 saturated carbocycles. The third kappa shape index (κ3) is 2.57. The molecule has 0 aliphatic rings. The van der Waals surface area contributed by atoms with Gasteiger partial charge in [-0.3, -0.25) is 0 Å². The summed E-state index contributed by atoms with van der Waals surface area (Å²) in [6.07, 6.45) is -0.938. The number of hydrogen-bond donors (Lipinski definition) is 2. The molecule has 0 spiro atoms. The van der Waals surface area contributed by atoms with Gasteiger partial charge in [0.15, 0.2) is 11.5 Å². The molecule has 0 radical (unpaired) electrons. The SMILES string of the molecule is COc1cc(Cl)c(OC)c(C(O)CN)c1OC. The van der Waals surface area contributed by atoms with E-state index in [0.717, 1.165) is 0 Å². The van der Waals surface area contributed by atoms with Gasteiger partial charge >= 0.3 is 0 Å². The fraction of sp³-hybridized carbons (Fsp3) is 0.455. The van der Waals surface area contributed by atoms with Crippen LogP contribution < -0.4 is 19.9 Å². The predicted molar refractivity (Wildman–Crippen MR) is 65.1 cm³/mol. The van der Waals surface area contributed by atoms with Crippen LogP contribution >= 0.6 is 11.6 Å². The van der Waals surface area contributed by atoms with E-state index in [1.165, 1.54) is 21.3 Å². The summed E-state index contributed by atoms with van der Waals surface area (Å²) in [6, 6.07) is 1.56. The number of aliphatic hydroxyl groups is 1. The Morgan fingerprint density at radius 1 is 1.24 bits per heavy atom. The lowest BCUT2D eigenvalue weighted by atomic mass is 10.1. The van der Waals surface area contributed by atoms with Crippen molar-refractivity contribution in [3.05, 3.63) is 16.7 Å². The molecule has 0 aromatic heterocycles. The van der Waals surface area contributed by atoms with Gasteiger partial charge in [-0.15, -0.1) is 0 Å². The van der Waals surface area contributed by atoms with Crippen molar-refractivity contribution in [3.63, 3.8) is 0 Å². The maximum atomic E-state index is 9.90. The van der Waals surface area contributed by atoms with Crippen molar-refractivity contribution in [3.8, 4) is 17.2 Å². The summed E-state index contributed by atoms with van der Waals surface area (Å²) in [6.45, 7) is 0.0240. The third-order valence-corrected chi connectivity index (χ3v) is 2.65. The molecule has 0 saturated heterocycles. The Morgan fingerprint density at radius 3 is 2.24 bits per heavy atom. The van der Waals surface area contributed by atoms with Crippen LogP contribution in [0, 0.1) is 0 Å². The minimum Gasteiger partial charge on any atom is -0.495 e. The molecule has 0 heterocycles. The molecule has 96 valence electrons. The highest BCUT2D eigenvalue weighted by atomic mass is 35.5. The van der Waals surface area contributed by atoms with Gasteiger partial charge in [-0.1, -0.05) is 11.6 Å². The summed E-state index contributed by atoms with van der Waals surface area (Å²) in [5.74, 6) is 1.12. The zero-order chi connectivity index (χ0) is 13.0. The van der Waals surface area contributed by atoms with E-state index in [0.29, 0.717) is 27.8 Å². The topological polar surface area (TPSA) is 73.9 Å². The Balaban J connectivity index is 3.52. The van der Waals surface area contributed by atoms with Crippen LogP contribution in [0.3, 0.4) is 0 Å². The van der Waals surface area contributed by atoms with Crippen molar-refractivity contribution in [1.29, 1.82) is 0 Å². The molecule has 17 heavy (non-hydrogen) atoms. The highest BCUT2D eigenvalue weighted by Crippen LogP contribution is 2.45. The molecular weight excluding hydrogens is 246 g/mol. The molecule has 0 amide bonds. The molecule has 1 unspecified atom stereocenters. The molecule has 3 N–H and O–H groups in total. The van der Waals surface area contributed by atoms with Gasteiger partial charge in [0.2, 0.25) is 0 Å². The quantitative estimate of drug-likeness (QED) is 0.837. The Kier molecular flexibility index (Phi) is 4.86. The number of benzene rings is 1. The number of methoxy groups -OCH3 is 3. The van der Waals surface area contributed by atoms with Gasteiger partial charge in [-0.05, 0) is 0 Å². The van der Waals surface area contributed by atoms with Gasteiger partial charge < -0.3 is 25.1 Å². The number of rotatable bonds is 5. The Bertz CT molecular complexity index is 398. The predicted octanol–water partition coefficient (Wildman–Crippen LogP) is 1.36. The van der Waals surface area contributed by atoms with Gasteiger partial charge in [0.25, 0.3) is 0 Å². The lowest BCUT2D eigenvalue weighted by molar-refractivity contribution is 0.176. The van der Waals surface area contributed by atoms with Crippen molar-refractivity contribution >= 4 is 11.6 Å². The summed E-state index contributed by atoms with van der Waals surface area (Å²) >= 11 is 6.03. The van der Waals surface area contributed by atoms with Gasteiger partial charge in [0.1, 0.15) is 5.75 Å². The van der Waals surface area contributed by atoms with E-state index in [1.54, 1.807) is 6.07 Å². The fourth-order valence-corrected chi connectivity index (χ4v) is 1.88. The summed E-state index contributed by atoms with van der Waals surface area (Å²) < 4.78 is 15.5. The first kappa shape index (κ1) is 13.9. The molecule has 0 fully saturated rings.